The molecule has 0 saturated carbocycles. The number of halogens is 3. The number of morpholine rings is 1. The molecule has 1 aromatic rings. The van der Waals surface area contributed by atoms with Crippen LogP contribution in [0.2, 0.25) is 5.02 Å². The first-order valence-electron chi connectivity index (χ1n) is 8.77. The van der Waals surface area contributed by atoms with Crippen molar-refractivity contribution in [2.75, 3.05) is 46.5 Å². The molecule has 2 heterocycles. The van der Waals surface area contributed by atoms with Crippen LogP contribution in [0.1, 0.15) is 5.56 Å². The van der Waals surface area contributed by atoms with Gasteiger partial charge in [-0.2, -0.15) is 8.78 Å². The van der Waals surface area contributed by atoms with Crippen molar-refractivity contribution < 1.29 is 27.8 Å². The smallest absolute Gasteiger partial charge is 0.387 e. The molecular formula is C18H19ClF2N2O4S2. The SMILES string of the molecule is COc1cc(C=C2SC(=S)N(CCN3CCOCC3)C2=O)cc(Cl)c1OC(F)F. The predicted octanol–water partition coefficient (Wildman–Crippen LogP) is 3.48. The first-order chi connectivity index (χ1) is 13.9. The number of nitrogens with zero attached hydrogens (tertiary/aromatic N) is 2. The average Bonchev–Trinajstić information content (AvgIpc) is 2.95. The van der Waals surface area contributed by atoms with Crippen molar-refractivity contribution >= 4 is 51.9 Å². The standard InChI is InChI=1S/C18H19ClF2N2O4S2/c1-25-13-9-11(8-12(19)15(13)27-17(20)21)10-14-16(24)23(18(28)29-14)3-2-22-4-6-26-7-5-22/h8-10,17H,2-7H2,1H3. The number of thiocarbonyl (C=S) groups is 1. The molecule has 2 fully saturated rings. The number of alkyl halides is 2. The highest BCUT2D eigenvalue weighted by atomic mass is 35.5. The lowest BCUT2D eigenvalue weighted by Gasteiger charge is -2.28. The fourth-order valence-corrected chi connectivity index (χ4v) is 4.51. The maximum absolute atomic E-state index is 12.8. The molecule has 1 amide bonds. The van der Waals surface area contributed by atoms with Crippen LogP contribution in [0.5, 0.6) is 11.5 Å². The van der Waals surface area contributed by atoms with Gasteiger partial charge in [0.15, 0.2) is 11.5 Å². The van der Waals surface area contributed by atoms with Gasteiger partial charge in [0, 0.05) is 26.2 Å². The van der Waals surface area contributed by atoms with Crippen LogP contribution in [0, 0.1) is 0 Å². The number of benzene rings is 1. The van der Waals surface area contributed by atoms with Crippen LogP contribution in [0.3, 0.4) is 0 Å². The Morgan fingerprint density at radius 3 is 2.72 bits per heavy atom. The van der Waals surface area contributed by atoms with E-state index in [0.717, 1.165) is 13.1 Å². The number of carbonyl (C=O) groups excluding carboxylic acids is 1. The molecule has 0 N–H and O–H groups in total. The molecule has 0 aliphatic carbocycles. The number of amides is 1. The summed E-state index contributed by atoms with van der Waals surface area (Å²) >= 11 is 12.6. The van der Waals surface area contributed by atoms with E-state index in [9.17, 15) is 13.6 Å². The molecule has 3 rings (SSSR count). The fraction of sp³-hybridized carbons (Fsp3) is 0.444. The topological polar surface area (TPSA) is 51.2 Å². The number of carbonyl (C=O) groups is 1. The lowest BCUT2D eigenvalue weighted by Crippen LogP contribution is -2.42. The van der Waals surface area contributed by atoms with Gasteiger partial charge in [-0.25, -0.2) is 0 Å². The van der Waals surface area contributed by atoms with Gasteiger partial charge in [-0.15, -0.1) is 0 Å². The number of thioether (sulfide) groups is 1. The van der Waals surface area contributed by atoms with Crippen LogP contribution in [0.4, 0.5) is 8.78 Å². The lowest BCUT2D eigenvalue weighted by molar-refractivity contribution is -0.122. The molecule has 0 spiro atoms. The molecular weight excluding hydrogens is 446 g/mol. The number of hydrogen-bond donors (Lipinski definition) is 0. The third-order valence-corrected chi connectivity index (χ3v) is 6.03. The zero-order valence-corrected chi connectivity index (χ0v) is 17.9. The van der Waals surface area contributed by atoms with Crippen molar-refractivity contribution in [2.45, 2.75) is 6.61 Å². The van der Waals surface area contributed by atoms with Crippen molar-refractivity contribution in [3.8, 4) is 11.5 Å². The zero-order valence-electron chi connectivity index (χ0n) is 15.5. The van der Waals surface area contributed by atoms with E-state index in [1.807, 2.05) is 0 Å². The molecule has 0 radical (unpaired) electrons. The van der Waals surface area contributed by atoms with Gasteiger partial charge in [0.05, 0.1) is 30.3 Å². The summed E-state index contributed by atoms with van der Waals surface area (Å²) < 4.78 is 40.4. The second-order valence-electron chi connectivity index (χ2n) is 6.20. The maximum atomic E-state index is 12.8. The van der Waals surface area contributed by atoms with Crippen LogP contribution in [0.15, 0.2) is 17.0 Å². The summed E-state index contributed by atoms with van der Waals surface area (Å²) in [7, 11) is 1.32. The molecule has 2 saturated heterocycles. The fourth-order valence-electron chi connectivity index (χ4n) is 2.94. The van der Waals surface area contributed by atoms with Crippen molar-refractivity contribution in [1.29, 1.82) is 0 Å². The lowest BCUT2D eigenvalue weighted by atomic mass is 10.2. The Labute approximate surface area is 181 Å². The highest BCUT2D eigenvalue weighted by Crippen LogP contribution is 2.39. The molecule has 2 aliphatic rings. The Morgan fingerprint density at radius 2 is 2.07 bits per heavy atom. The number of rotatable bonds is 7. The average molecular weight is 465 g/mol. The Kier molecular flexibility index (Phi) is 7.69. The van der Waals surface area contributed by atoms with Crippen LogP contribution in [-0.2, 0) is 9.53 Å². The molecule has 1 aromatic carbocycles. The predicted molar refractivity (Wildman–Crippen MR) is 112 cm³/mol. The Balaban J connectivity index is 1.73. The maximum Gasteiger partial charge on any atom is 0.387 e. The highest BCUT2D eigenvalue weighted by molar-refractivity contribution is 8.26. The summed E-state index contributed by atoms with van der Waals surface area (Å²) in [6.45, 7) is 1.20. The van der Waals surface area contributed by atoms with E-state index in [1.54, 1.807) is 11.0 Å². The van der Waals surface area contributed by atoms with E-state index >= 15 is 0 Å². The molecule has 0 unspecified atom stereocenters. The third-order valence-electron chi connectivity index (χ3n) is 4.37. The van der Waals surface area contributed by atoms with Crippen LogP contribution in [-0.4, -0.2) is 73.1 Å². The molecule has 29 heavy (non-hydrogen) atoms. The van der Waals surface area contributed by atoms with E-state index in [1.165, 1.54) is 31.0 Å². The second-order valence-corrected chi connectivity index (χ2v) is 8.28. The Morgan fingerprint density at radius 1 is 1.34 bits per heavy atom. The second kappa shape index (κ2) is 10.0. The number of ether oxygens (including phenoxy) is 3. The summed E-state index contributed by atoms with van der Waals surface area (Å²) in [6.07, 6.45) is 1.61. The molecule has 0 atom stereocenters. The van der Waals surface area contributed by atoms with Gasteiger partial charge in [0.25, 0.3) is 5.91 Å². The monoisotopic (exact) mass is 464 g/mol. The summed E-state index contributed by atoms with van der Waals surface area (Å²) in [5, 5.41) is -0.0429. The molecule has 0 aromatic heterocycles. The van der Waals surface area contributed by atoms with Gasteiger partial charge in [-0.05, 0) is 23.8 Å². The summed E-state index contributed by atoms with van der Waals surface area (Å²) in [4.78, 5) is 17.0. The Bertz CT molecular complexity index is 819. The quantitative estimate of drug-likeness (QED) is 0.452. The molecule has 6 nitrogen and oxygen atoms in total. The molecule has 158 valence electrons. The Hall–Kier alpha value is -1.46. The van der Waals surface area contributed by atoms with Crippen molar-refractivity contribution in [2.24, 2.45) is 0 Å². The minimum atomic E-state index is -3.03. The zero-order chi connectivity index (χ0) is 21.0. The number of methoxy groups -OCH3 is 1. The first-order valence-corrected chi connectivity index (χ1v) is 10.4. The van der Waals surface area contributed by atoms with Crippen molar-refractivity contribution in [1.82, 2.24) is 9.80 Å². The van der Waals surface area contributed by atoms with Crippen molar-refractivity contribution in [3.05, 3.63) is 27.6 Å². The summed E-state index contributed by atoms with van der Waals surface area (Å²) in [6, 6.07) is 2.91. The number of hydrogen-bond acceptors (Lipinski definition) is 7. The van der Waals surface area contributed by atoms with Gasteiger partial charge in [0.1, 0.15) is 4.32 Å². The summed E-state index contributed by atoms with van der Waals surface area (Å²) in [5.74, 6) is -0.400. The van der Waals surface area contributed by atoms with Gasteiger partial charge in [-0.3, -0.25) is 14.6 Å². The minimum Gasteiger partial charge on any atom is -0.493 e. The third kappa shape index (κ3) is 5.58. The largest absolute Gasteiger partial charge is 0.493 e. The minimum absolute atomic E-state index is 0.0429. The van der Waals surface area contributed by atoms with Crippen molar-refractivity contribution in [3.63, 3.8) is 0 Å². The molecule has 0 bridgehead atoms. The van der Waals surface area contributed by atoms with Crippen LogP contribution in [0.25, 0.3) is 6.08 Å². The van der Waals surface area contributed by atoms with Gasteiger partial charge >= 0.3 is 6.61 Å². The van der Waals surface area contributed by atoms with Crippen LogP contribution < -0.4 is 9.47 Å². The van der Waals surface area contributed by atoms with Gasteiger partial charge in [0.2, 0.25) is 0 Å². The van der Waals surface area contributed by atoms with E-state index in [4.69, 9.17) is 33.3 Å². The molecule has 11 heteroatoms. The van der Waals surface area contributed by atoms with Gasteiger partial charge < -0.3 is 14.2 Å². The van der Waals surface area contributed by atoms with E-state index < -0.39 is 6.61 Å². The highest BCUT2D eigenvalue weighted by Gasteiger charge is 2.32. The van der Waals surface area contributed by atoms with Gasteiger partial charge in [-0.1, -0.05) is 35.6 Å². The molecule has 2 aliphatic heterocycles. The first kappa shape index (κ1) is 22.2. The van der Waals surface area contributed by atoms with Crippen LogP contribution >= 0.6 is 35.6 Å². The normalized spacial score (nSPS) is 19.5. The van der Waals surface area contributed by atoms with E-state index in [0.29, 0.717) is 41.1 Å². The van der Waals surface area contributed by atoms with E-state index in [2.05, 4.69) is 9.64 Å². The summed E-state index contributed by atoms with van der Waals surface area (Å²) in [5.41, 5.74) is 0.516. The van der Waals surface area contributed by atoms with E-state index in [-0.39, 0.29) is 22.4 Å².